The molecule has 0 unspecified atom stereocenters. The van der Waals surface area contributed by atoms with Gasteiger partial charge in [0, 0.05) is 6.42 Å². The zero-order valence-electron chi connectivity index (χ0n) is 15.3. The Hall–Kier alpha value is -1.68. The first-order valence-corrected chi connectivity index (χ1v) is 9.52. The van der Waals surface area contributed by atoms with Crippen molar-refractivity contribution in [3.8, 4) is 0 Å². The number of carbonyl (C=O) groups is 2. The summed E-state index contributed by atoms with van der Waals surface area (Å²) in [6.07, 6.45) is 4.53. The van der Waals surface area contributed by atoms with Crippen molar-refractivity contribution in [1.29, 1.82) is 0 Å². The summed E-state index contributed by atoms with van der Waals surface area (Å²) in [5, 5.41) is 3.13. The molecule has 2 aliphatic carbocycles. The van der Waals surface area contributed by atoms with E-state index in [2.05, 4.69) is 19.2 Å². The number of Topliss-reactive ketones (excluding diaryl/α,β-unsaturated/α-hetero) is 1. The van der Waals surface area contributed by atoms with Gasteiger partial charge in [-0.2, -0.15) is 0 Å². The molecule has 1 aromatic rings. The smallest absolute Gasteiger partial charge is 0.249 e. The minimum atomic E-state index is -0.609. The van der Waals surface area contributed by atoms with E-state index in [0.29, 0.717) is 31.3 Å². The van der Waals surface area contributed by atoms with E-state index in [0.717, 1.165) is 31.2 Å². The highest BCUT2D eigenvalue weighted by atomic mass is 16.5. The first-order chi connectivity index (χ1) is 12.0. The van der Waals surface area contributed by atoms with Crippen molar-refractivity contribution in [3.63, 3.8) is 0 Å². The third-order valence-electron chi connectivity index (χ3n) is 5.66. The van der Waals surface area contributed by atoms with E-state index in [1.54, 1.807) is 0 Å². The monoisotopic (exact) mass is 343 g/mol. The number of fused-ring (bicyclic) bond motifs is 1. The Morgan fingerprint density at radius 3 is 2.76 bits per heavy atom. The van der Waals surface area contributed by atoms with Crippen LogP contribution >= 0.6 is 0 Å². The van der Waals surface area contributed by atoms with Crippen LogP contribution in [0.1, 0.15) is 57.9 Å². The van der Waals surface area contributed by atoms with Crippen molar-refractivity contribution in [3.05, 3.63) is 35.9 Å². The highest BCUT2D eigenvalue weighted by Crippen LogP contribution is 2.45. The van der Waals surface area contributed by atoms with Crippen molar-refractivity contribution in [2.75, 3.05) is 0 Å². The lowest BCUT2D eigenvalue weighted by molar-refractivity contribution is -0.140. The molecule has 0 spiro atoms. The van der Waals surface area contributed by atoms with Crippen LogP contribution in [0.2, 0.25) is 0 Å². The maximum absolute atomic E-state index is 13.0. The van der Waals surface area contributed by atoms with Gasteiger partial charge in [0.15, 0.2) is 5.78 Å². The second kappa shape index (κ2) is 7.69. The van der Waals surface area contributed by atoms with E-state index >= 15 is 0 Å². The fraction of sp³-hybridized carbons (Fsp3) is 0.619. The minimum Gasteiger partial charge on any atom is -0.364 e. The van der Waals surface area contributed by atoms with Crippen molar-refractivity contribution in [1.82, 2.24) is 5.32 Å². The number of ether oxygens (including phenoxy) is 1. The van der Waals surface area contributed by atoms with Crippen LogP contribution in [-0.4, -0.2) is 23.3 Å². The zero-order chi connectivity index (χ0) is 17.9. The fourth-order valence-electron chi connectivity index (χ4n) is 4.35. The average molecular weight is 343 g/mol. The second-order valence-corrected chi connectivity index (χ2v) is 7.93. The Balaban J connectivity index is 1.67. The molecule has 0 radical (unpaired) electrons. The van der Waals surface area contributed by atoms with E-state index < -0.39 is 11.6 Å². The fourth-order valence-corrected chi connectivity index (χ4v) is 4.35. The summed E-state index contributed by atoms with van der Waals surface area (Å²) in [7, 11) is 0. The molecule has 2 aliphatic rings. The summed E-state index contributed by atoms with van der Waals surface area (Å²) in [5.74, 6) is 0.766. The molecule has 1 amide bonds. The second-order valence-electron chi connectivity index (χ2n) is 7.93. The first-order valence-electron chi connectivity index (χ1n) is 9.52. The molecule has 0 aromatic heterocycles. The molecule has 3 atom stereocenters. The quantitative estimate of drug-likeness (QED) is 0.822. The number of amides is 1. The Morgan fingerprint density at radius 2 is 2.04 bits per heavy atom. The van der Waals surface area contributed by atoms with Gasteiger partial charge in [-0.15, -0.1) is 0 Å². The summed E-state index contributed by atoms with van der Waals surface area (Å²) in [5.41, 5.74) is 0.445. The number of hydrogen-bond acceptors (Lipinski definition) is 3. The van der Waals surface area contributed by atoms with Crippen LogP contribution in [0, 0.1) is 11.8 Å². The topological polar surface area (TPSA) is 55.4 Å². The van der Waals surface area contributed by atoms with Gasteiger partial charge in [-0.3, -0.25) is 9.59 Å². The highest BCUT2D eigenvalue weighted by Gasteiger charge is 2.53. The molecule has 1 N–H and O–H groups in total. The van der Waals surface area contributed by atoms with Gasteiger partial charge >= 0.3 is 0 Å². The highest BCUT2D eigenvalue weighted by molar-refractivity contribution is 5.96. The molecule has 0 aliphatic heterocycles. The SMILES string of the molecule is CC(C)C[C@H](OCc1ccccc1)C(=O)N[C@]12CCC[C@H]1CCC2=O. The molecule has 4 heteroatoms. The summed E-state index contributed by atoms with van der Waals surface area (Å²) in [6.45, 7) is 4.59. The maximum Gasteiger partial charge on any atom is 0.249 e. The Labute approximate surface area is 150 Å². The van der Waals surface area contributed by atoms with Gasteiger partial charge < -0.3 is 10.1 Å². The van der Waals surface area contributed by atoms with Crippen molar-refractivity contribution in [2.45, 2.75) is 70.6 Å². The molecule has 3 rings (SSSR count). The number of nitrogens with one attached hydrogen (secondary N) is 1. The number of hydrogen-bond donors (Lipinski definition) is 1. The average Bonchev–Trinajstić information content (AvgIpc) is 3.12. The van der Waals surface area contributed by atoms with Crippen LogP contribution in [0.3, 0.4) is 0 Å². The summed E-state index contributed by atoms with van der Waals surface area (Å²) in [4.78, 5) is 25.4. The minimum absolute atomic E-state index is 0.119. The maximum atomic E-state index is 13.0. The van der Waals surface area contributed by atoms with Crippen molar-refractivity contribution < 1.29 is 14.3 Å². The molecule has 0 heterocycles. The van der Waals surface area contributed by atoms with E-state index in [1.807, 2.05) is 30.3 Å². The van der Waals surface area contributed by atoms with Crippen LogP contribution < -0.4 is 5.32 Å². The van der Waals surface area contributed by atoms with Gasteiger partial charge in [0.05, 0.1) is 6.61 Å². The molecular formula is C21H29NO3. The largest absolute Gasteiger partial charge is 0.364 e. The van der Waals surface area contributed by atoms with Crippen LogP contribution in [0.4, 0.5) is 0 Å². The van der Waals surface area contributed by atoms with Crippen molar-refractivity contribution in [2.24, 2.45) is 11.8 Å². The third kappa shape index (κ3) is 3.95. The zero-order valence-corrected chi connectivity index (χ0v) is 15.3. The summed E-state index contributed by atoms with van der Waals surface area (Å²) >= 11 is 0. The van der Waals surface area contributed by atoms with Gasteiger partial charge in [-0.05, 0) is 43.1 Å². The molecule has 0 bridgehead atoms. The Morgan fingerprint density at radius 1 is 1.28 bits per heavy atom. The van der Waals surface area contributed by atoms with Crippen LogP contribution in [0.15, 0.2) is 30.3 Å². The van der Waals surface area contributed by atoms with Crippen LogP contribution in [0.25, 0.3) is 0 Å². The molecule has 2 saturated carbocycles. The number of rotatable bonds is 7. The lowest BCUT2D eigenvalue weighted by atomic mass is 9.89. The van der Waals surface area contributed by atoms with Gasteiger partial charge in [0.2, 0.25) is 5.91 Å². The molecular weight excluding hydrogens is 314 g/mol. The predicted molar refractivity (Wildman–Crippen MR) is 96.9 cm³/mol. The molecule has 0 saturated heterocycles. The van der Waals surface area contributed by atoms with E-state index in [1.165, 1.54) is 0 Å². The normalized spacial score (nSPS) is 26.7. The van der Waals surface area contributed by atoms with Gasteiger partial charge in [0.1, 0.15) is 11.6 Å². The number of ketones is 1. The van der Waals surface area contributed by atoms with Crippen LogP contribution in [-0.2, 0) is 20.9 Å². The molecule has 25 heavy (non-hydrogen) atoms. The van der Waals surface area contributed by atoms with E-state index in [-0.39, 0.29) is 11.7 Å². The van der Waals surface area contributed by atoms with Gasteiger partial charge in [0.25, 0.3) is 0 Å². The molecule has 2 fully saturated rings. The van der Waals surface area contributed by atoms with Gasteiger partial charge in [-0.1, -0.05) is 50.6 Å². The summed E-state index contributed by atoms with van der Waals surface area (Å²) in [6, 6.07) is 9.89. The number of carbonyl (C=O) groups excluding carboxylic acids is 2. The predicted octanol–water partition coefficient (Wildman–Crippen LogP) is 3.64. The number of benzene rings is 1. The van der Waals surface area contributed by atoms with Crippen molar-refractivity contribution >= 4 is 11.7 Å². The van der Waals surface area contributed by atoms with Crippen LogP contribution in [0.5, 0.6) is 0 Å². The molecule has 4 nitrogen and oxygen atoms in total. The molecule has 1 aromatic carbocycles. The lowest BCUT2D eigenvalue weighted by Gasteiger charge is -2.31. The third-order valence-corrected chi connectivity index (χ3v) is 5.66. The Kier molecular flexibility index (Phi) is 5.57. The lowest BCUT2D eigenvalue weighted by Crippen LogP contribution is -2.56. The standard InChI is InChI=1S/C21H29NO3/c1-15(2)13-18(25-14-16-7-4-3-5-8-16)20(24)22-21-12-6-9-17(21)10-11-19(21)23/h3-5,7-8,15,17-18H,6,9-14H2,1-2H3,(H,22,24)/t17-,18-,21+/m0/s1. The summed E-state index contributed by atoms with van der Waals surface area (Å²) < 4.78 is 5.97. The Bertz CT molecular complexity index is 613. The first kappa shape index (κ1) is 18.1. The molecule has 136 valence electrons. The van der Waals surface area contributed by atoms with E-state index in [4.69, 9.17) is 4.74 Å². The van der Waals surface area contributed by atoms with Gasteiger partial charge in [-0.25, -0.2) is 0 Å². The van der Waals surface area contributed by atoms with E-state index in [9.17, 15) is 9.59 Å².